The molecule has 0 heterocycles. The van der Waals surface area contributed by atoms with Crippen molar-refractivity contribution in [1.82, 2.24) is 0 Å². The number of hydrogen-bond acceptors (Lipinski definition) is 4. The van der Waals surface area contributed by atoms with Gasteiger partial charge in [0.2, 0.25) is 0 Å². The Morgan fingerprint density at radius 3 is 2.71 bits per heavy atom. The molecule has 6 heteroatoms. The zero-order valence-corrected chi connectivity index (χ0v) is 11.4. The predicted molar refractivity (Wildman–Crippen MR) is 77.9 cm³/mol. The number of nitrogens with one attached hydrogen (secondary N) is 1. The van der Waals surface area contributed by atoms with E-state index >= 15 is 0 Å². The van der Waals surface area contributed by atoms with E-state index in [9.17, 15) is 9.18 Å². The number of hydrogen-bond donors (Lipinski definition) is 2. The van der Waals surface area contributed by atoms with Crippen molar-refractivity contribution in [2.45, 2.75) is 0 Å². The number of methoxy groups -OCH3 is 1. The molecule has 1 amide bonds. The molecule has 5 nitrogen and oxygen atoms in total. The molecule has 0 fully saturated rings. The first-order valence-corrected chi connectivity index (χ1v) is 6.21. The molecule has 0 aliphatic rings. The lowest BCUT2D eigenvalue weighted by Gasteiger charge is -2.11. The number of ether oxygens (including phenoxy) is 2. The Bertz CT molecular complexity index is 647. The Hall–Kier alpha value is -2.76. The SMILES string of the molecule is COc1ccc(N)cc1OCC(=O)Nc1ccccc1F. The van der Waals surface area contributed by atoms with Gasteiger partial charge < -0.3 is 20.5 Å². The van der Waals surface area contributed by atoms with Gasteiger partial charge in [0, 0.05) is 11.8 Å². The number of anilines is 2. The molecule has 0 saturated carbocycles. The molecule has 0 spiro atoms. The first kappa shape index (κ1) is 14.6. The van der Waals surface area contributed by atoms with Crippen molar-refractivity contribution < 1.29 is 18.7 Å². The van der Waals surface area contributed by atoms with Gasteiger partial charge in [0.05, 0.1) is 12.8 Å². The third kappa shape index (κ3) is 3.85. The Morgan fingerprint density at radius 1 is 1.24 bits per heavy atom. The average molecular weight is 290 g/mol. The molecule has 0 bridgehead atoms. The second-order valence-corrected chi connectivity index (χ2v) is 4.23. The molecule has 2 aromatic rings. The fourth-order valence-electron chi connectivity index (χ4n) is 1.70. The van der Waals surface area contributed by atoms with Crippen LogP contribution in [0.2, 0.25) is 0 Å². The number of para-hydroxylation sites is 1. The van der Waals surface area contributed by atoms with E-state index in [0.29, 0.717) is 17.2 Å². The molecule has 110 valence electrons. The van der Waals surface area contributed by atoms with E-state index in [4.69, 9.17) is 15.2 Å². The van der Waals surface area contributed by atoms with Crippen LogP contribution in [0.25, 0.3) is 0 Å². The van der Waals surface area contributed by atoms with E-state index in [1.165, 1.54) is 19.2 Å². The standard InChI is InChI=1S/C15H15FN2O3/c1-20-13-7-6-10(17)8-14(13)21-9-15(19)18-12-5-3-2-4-11(12)16/h2-8H,9,17H2,1H3,(H,18,19). The second-order valence-electron chi connectivity index (χ2n) is 4.23. The molecule has 0 aromatic heterocycles. The van der Waals surface area contributed by atoms with Gasteiger partial charge in [-0.2, -0.15) is 0 Å². The minimum absolute atomic E-state index is 0.102. The maximum Gasteiger partial charge on any atom is 0.262 e. The summed E-state index contributed by atoms with van der Waals surface area (Å²) in [6, 6.07) is 10.7. The van der Waals surface area contributed by atoms with Crippen molar-refractivity contribution in [2.24, 2.45) is 0 Å². The number of nitrogen functional groups attached to an aromatic ring is 1. The predicted octanol–water partition coefficient (Wildman–Crippen LogP) is 2.43. The van der Waals surface area contributed by atoms with Gasteiger partial charge in [-0.15, -0.1) is 0 Å². The van der Waals surface area contributed by atoms with Crippen LogP contribution < -0.4 is 20.5 Å². The molecule has 0 radical (unpaired) electrons. The molecule has 2 rings (SSSR count). The van der Waals surface area contributed by atoms with Gasteiger partial charge in [-0.25, -0.2) is 4.39 Å². The largest absolute Gasteiger partial charge is 0.493 e. The summed E-state index contributed by atoms with van der Waals surface area (Å²) < 4.78 is 23.8. The van der Waals surface area contributed by atoms with Crippen LogP contribution in [0.1, 0.15) is 0 Å². The molecule has 0 saturated heterocycles. The quantitative estimate of drug-likeness (QED) is 0.829. The fourth-order valence-corrected chi connectivity index (χ4v) is 1.70. The number of carbonyl (C=O) groups excluding carboxylic acids is 1. The van der Waals surface area contributed by atoms with Crippen LogP contribution in [0.15, 0.2) is 42.5 Å². The smallest absolute Gasteiger partial charge is 0.262 e. The summed E-state index contributed by atoms with van der Waals surface area (Å²) in [5.74, 6) is -0.180. The molecule has 0 aliphatic heterocycles. The first-order valence-electron chi connectivity index (χ1n) is 6.21. The van der Waals surface area contributed by atoms with Crippen LogP contribution in [-0.2, 0) is 4.79 Å². The van der Waals surface area contributed by atoms with E-state index in [1.807, 2.05) is 0 Å². The highest BCUT2D eigenvalue weighted by atomic mass is 19.1. The Labute approximate surface area is 121 Å². The van der Waals surface area contributed by atoms with Gasteiger partial charge in [0.25, 0.3) is 5.91 Å². The van der Waals surface area contributed by atoms with E-state index in [2.05, 4.69) is 5.32 Å². The lowest BCUT2D eigenvalue weighted by molar-refractivity contribution is -0.118. The summed E-state index contributed by atoms with van der Waals surface area (Å²) in [7, 11) is 1.48. The van der Waals surface area contributed by atoms with Crippen molar-refractivity contribution in [3.63, 3.8) is 0 Å². The lowest BCUT2D eigenvalue weighted by Crippen LogP contribution is -2.21. The minimum atomic E-state index is -0.507. The minimum Gasteiger partial charge on any atom is -0.493 e. The number of amides is 1. The topological polar surface area (TPSA) is 73.6 Å². The maximum absolute atomic E-state index is 13.4. The van der Waals surface area contributed by atoms with Gasteiger partial charge in [-0.3, -0.25) is 4.79 Å². The van der Waals surface area contributed by atoms with Crippen LogP contribution >= 0.6 is 0 Å². The van der Waals surface area contributed by atoms with Gasteiger partial charge in [0.1, 0.15) is 5.82 Å². The van der Waals surface area contributed by atoms with E-state index in [0.717, 1.165) is 0 Å². The fraction of sp³-hybridized carbons (Fsp3) is 0.133. The summed E-state index contributed by atoms with van der Waals surface area (Å²) >= 11 is 0. The zero-order chi connectivity index (χ0) is 15.2. The van der Waals surface area contributed by atoms with Crippen molar-refractivity contribution in [2.75, 3.05) is 24.8 Å². The zero-order valence-electron chi connectivity index (χ0n) is 11.4. The number of benzene rings is 2. The third-order valence-electron chi connectivity index (χ3n) is 2.69. The molecule has 2 aromatic carbocycles. The summed E-state index contributed by atoms with van der Waals surface area (Å²) in [6.45, 7) is -0.284. The highest BCUT2D eigenvalue weighted by Crippen LogP contribution is 2.28. The molecular formula is C15H15FN2O3. The molecule has 21 heavy (non-hydrogen) atoms. The Balaban J connectivity index is 1.98. The Morgan fingerprint density at radius 2 is 2.00 bits per heavy atom. The third-order valence-corrected chi connectivity index (χ3v) is 2.69. The van der Waals surface area contributed by atoms with Gasteiger partial charge in [-0.1, -0.05) is 12.1 Å². The van der Waals surface area contributed by atoms with Crippen LogP contribution in [0.5, 0.6) is 11.5 Å². The molecule has 3 N–H and O–H groups in total. The summed E-state index contributed by atoms with van der Waals surface area (Å²) in [4.78, 5) is 11.7. The van der Waals surface area contributed by atoms with Crippen molar-refractivity contribution in [1.29, 1.82) is 0 Å². The monoisotopic (exact) mass is 290 g/mol. The number of rotatable bonds is 5. The van der Waals surface area contributed by atoms with E-state index < -0.39 is 11.7 Å². The van der Waals surface area contributed by atoms with Crippen LogP contribution in [0.3, 0.4) is 0 Å². The summed E-state index contributed by atoms with van der Waals surface area (Å²) in [5, 5.41) is 2.42. The highest BCUT2D eigenvalue weighted by molar-refractivity contribution is 5.92. The number of halogens is 1. The number of nitrogens with two attached hydrogens (primary N) is 1. The maximum atomic E-state index is 13.4. The molecular weight excluding hydrogens is 275 g/mol. The molecule has 0 atom stereocenters. The van der Waals surface area contributed by atoms with Crippen molar-refractivity contribution in [3.05, 3.63) is 48.3 Å². The Kier molecular flexibility index (Phi) is 4.61. The molecule has 0 unspecified atom stereocenters. The number of carbonyl (C=O) groups is 1. The van der Waals surface area contributed by atoms with Gasteiger partial charge in [-0.05, 0) is 24.3 Å². The highest BCUT2D eigenvalue weighted by Gasteiger charge is 2.10. The summed E-state index contributed by atoms with van der Waals surface area (Å²) in [5.41, 5.74) is 6.24. The first-order chi connectivity index (χ1) is 10.1. The van der Waals surface area contributed by atoms with Crippen molar-refractivity contribution >= 4 is 17.3 Å². The normalized spacial score (nSPS) is 10.0. The van der Waals surface area contributed by atoms with Gasteiger partial charge >= 0.3 is 0 Å². The average Bonchev–Trinajstić information content (AvgIpc) is 2.48. The van der Waals surface area contributed by atoms with Gasteiger partial charge in [0.15, 0.2) is 18.1 Å². The van der Waals surface area contributed by atoms with Crippen LogP contribution in [0, 0.1) is 5.82 Å². The molecule has 0 aliphatic carbocycles. The summed E-state index contributed by atoms with van der Waals surface area (Å²) in [6.07, 6.45) is 0. The van der Waals surface area contributed by atoms with Crippen molar-refractivity contribution in [3.8, 4) is 11.5 Å². The van der Waals surface area contributed by atoms with E-state index in [1.54, 1.807) is 30.3 Å². The van der Waals surface area contributed by atoms with Crippen LogP contribution in [-0.4, -0.2) is 19.6 Å². The second kappa shape index (κ2) is 6.60. The lowest BCUT2D eigenvalue weighted by atomic mass is 10.3. The van der Waals surface area contributed by atoms with Crippen LogP contribution in [0.4, 0.5) is 15.8 Å². The van der Waals surface area contributed by atoms with E-state index in [-0.39, 0.29) is 12.3 Å².